The molecular weight excluding hydrogens is 489 g/mol. The molecule has 0 spiro atoms. The van der Waals surface area contributed by atoms with Gasteiger partial charge in [0, 0.05) is 17.8 Å². The normalized spacial score (nSPS) is 19.3. The van der Waals surface area contributed by atoms with Crippen LogP contribution in [0.5, 0.6) is 5.75 Å². The van der Waals surface area contributed by atoms with Crippen molar-refractivity contribution in [3.63, 3.8) is 0 Å². The van der Waals surface area contributed by atoms with Crippen LogP contribution in [0, 0.1) is 23.2 Å². The topological polar surface area (TPSA) is 124 Å². The molecule has 37 heavy (non-hydrogen) atoms. The van der Waals surface area contributed by atoms with Gasteiger partial charge in [0.05, 0.1) is 41.8 Å². The molecule has 3 N–H and O–H groups in total. The highest BCUT2D eigenvalue weighted by atomic mass is 19.4. The third-order valence-corrected chi connectivity index (χ3v) is 6.82. The molecule has 3 rings (SSSR count). The third-order valence-electron chi connectivity index (χ3n) is 6.82. The van der Waals surface area contributed by atoms with E-state index in [4.69, 9.17) is 9.84 Å². The van der Waals surface area contributed by atoms with Crippen LogP contribution in [-0.2, 0) is 11.0 Å². The highest BCUT2D eigenvalue weighted by Crippen LogP contribution is 2.37. The van der Waals surface area contributed by atoms with Gasteiger partial charge in [-0.25, -0.2) is 4.98 Å². The number of aliphatic carboxylic acids is 1. The molecule has 1 aliphatic rings. The van der Waals surface area contributed by atoms with Crippen molar-refractivity contribution in [2.45, 2.75) is 57.8 Å². The van der Waals surface area contributed by atoms with Gasteiger partial charge < -0.3 is 20.5 Å². The number of carbonyl (C=O) groups is 2. The number of hydrogen-bond donors (Lipinski definition) is 3. The van der Waals surface area contributed by atoms with Crippen molar-refractivity contribution >= 4 is 17.7 Å². The first-order chi connectivity index (χ1) is 17.4. The Morgan fingerprint density at radius 1 is 1.19 bits per heavy atom. The number of methoxy groups -OCH3 is 1. The molecule has 198 valence electrons. The Kier molecular flexibility index (Phi) is 8.63. The molecule has 1 aromatic carbocycles. The number of nitriles is 1. The summed E-state index contributed by atoms with van der Waals surface area (Å²) in [5, 5.41) is 23.8. The van der Waals surface area contributed by atoms with Crippen LogP contribution < -0.4 is 15.4 Å². The van der Waals surface area contributed by atoms with Gasteiger partial charge in [-0.3, -0.25) is 9.59 Å². The van der Waals surface area contributed by atoms with Gasteiger partial charge in [-0.05, 0) is 69.7 Å². The van der Waals surface area contributed by atoms with E-state index in [0.717, 1.165) is 12.3 Å². The Balaban J connectivity index is 1.78. The first-order valence-corrected chi connectivity index (χ1v) is 11.9. The fourth-order valence-electron chi connectivity index (χ4n) is 4.62. The van der Waals surface area contributed by atoms with Crippen LogP contribution in [0.15, 0.2) is 30.5 Å². The number of ether oxygens (including phenoxy) is 1. The standard InChI is InChI=1S/C26H29F3N4O4/c1-14(17-5-7-18(8-6-17)25(35)36)33-24(34)19-11-21(26(27,28)29)23(31-13-19)32-15(2)20-10-16(12-30)4-9-22(20)37-3/h4,9-11,13-15,17-18H,5-8H2,1-3H3,(H,31,32)(H,33,34)(H,35,36)/t14?,15-,17?,18?/m0/s1. The van der Waals surface area contributed by atoms with E-state index in [1.54, 1.807) is 26.0 Å². The minimum atomic E-state index is -4.79. The van der Waals surface area contributed by atoms with Crippen molar-refractivity contribution in [2.24, 2.45) is 11.8 Å². The van der Waals surface area contributed by atoms with E-state index in [-0.39, 0.29) is 17.5 Å². The van der Waals surface area contributed by atoms with Crippen LogP contribution in [0.3, 0.4) is 0 Å². The number of rotatable bonds is 8. The first kappa shape index (κ1) is 27.8. The zero-order valence-electron chi connectivity index (χ0n) is 20.7. The number of anilines is 1. The zero-order chi connectivity index (χ0) is 27.3. The summed E-state index contributed by atoms with van der Waals surface area (Å²) in [6.45, 7) is 3.38. The molecule has 1 aliphatic carbocycles. The van der Waals surface area contributed by atoms with E-state index < -0.39 is 41.4 Å². The summed E-state index contributed by atoms with van der Waals surface area (Å²) in [4.78, 5) is 27.8. The lowest BCUT2D eigenvalue weighted by Gasteiger charge is -2.31. The maximum atomic E-state index is 13.9. The summed E-state index contributed by atoms with van der Waals surface area (Å²) in [5.74, 6) is -1.94. The fraction of sp³-hybridized carbons (Fsp3) is 0.462. The molecule has 11 heteroatoms. The Hall–Kier alpha value is -3.81. The van der Waals surface area contributed by atoms with Gasteiger partial charge in [-0.2, -0.15) is 18.4 Å². The monoisotopic (exact) mass is 518 g/mol. The van der Waals surface area contributed by atoms with Crippen molar-refractivity contribution in [2.75, 3.05) is 12.4 Å². The summed E-state index contributed by atoms with van der Waals surface area (Å²) in [5.41, 5.74) is -0.534. The number of amides is 1. The number of hydrogen-bond acceptors (Lipinski definition) is 6. The molecule has 0 bridgehead atoms. The van der Waals surface area contributed by atoms with Crippen molar-refractivity contribution in [1.29, 1.82) is 5.26 Å². The quantitative estimate of drug-likeness (QED) is 0.441. The molecule has 0 radical (unpaired) electrons. The van der Waals surface area contributed by atoms with E-state index in [9.17, 15) is 28.0 Å². The lowest BCUT2D eigenvalue weighted by atomic mass is 9.79. The van der Waals surface area contributed by atoms with Gasteiger partial charge in [-0.1, -0.05) is 0 Å². The number of benzene rings is 1. The summed E-state index contributed by atoms with van der Waals surface area (Å²) < 4.78 is 47.1. The van der Waals surface area contributed by atoms with Gasteiger partial charge in [0.1, 0.15) is 11.6 Å². The average molecular weight is 519 g/mol. The van der Waals surface area contributed by atoms with Gasteiger partial charge in [0.2, 0.25) is 0 Å². The maximum Gasteiger partial charge on any atom is 0.419 e. The SMILES string of the molecule is COc1ccc(C#N)cc1[C@H](C)Nc1ncc(C(=O)NC(C)C2CCC(C(=O)O)CC2)cc1C(F)(F)F. The van der Waals surface area contributed by atoms with Crippen molar-refractivity contribution in [3.05, 3.63) is 52.7 Å². The molecule has 1 heterocycles. The first-order valence-electron chi connectivity index (χ1n) is 11.9. The maximum absolute atomic E-state index is 13.9. The number of carbonyl (C=O) groups excluding carboxylic acids is 1. The molecule has 0 aliphatic heterocycles. The van der Waals surface area contributed by atoms with Crippen LogP contribution >= 0.6 is 0 Å². The molecular formula is C26H29F3N4O4. The van der Waals surface area contributed by atoms with E-state index in [1.165, 1.54) is 13.2 Å². The Morgan fingerprint density at radius 2 is 1.86 bits per heavy atom. The zero-order valence-corrected chi connectivity index (χ0v) is 20.7. The van der Waals surface area contributed by atoms with Crippen molar-refractivity contribution in [3.8, 4) is 11.8 Å². The summed E-state index contributed by atoms with van der Waals surface area (Å²) in [6.07, 6.45) is -1.48. The van der Waals surface area contributed by atoms with Crippen LogP contribution in [0.25, 0.3) is 0 Å². The number of pyridine rings is 1. The number of carboxylic acid groups (broad SMARTS) is 1. The number of nitrogens with one attached hydrogen (secondary N) is 2. The highest BCUT2D eigenvalue weighted by Gasteiger charge is 2.36. The molecule has 1 unspecified atom stereocenters. The smallest absolute Gasteiger partial charge is 0.419 e. The Bertz CT molecular complexity index is 1190. The number of nitrogens with zero attached hydrogens (tertiary/aromatic N) is 2. The molecule has 2 aromatic rings. The molecule has 1 fully saturated rings. The van der Waals surface area contributed by atoms with Gasteiger partial charge in [0.15, 0.2) is 0 Å². The average Bonchev–Trinajstić information content (AvgIpc) is 2.87. The highest BCUT2D eigenvalue weighted by molar-refractivity contribution is 5.94. The molecule has 1 saturated carbocycles. The van der Waals surface area contributed by atoms with Gasteiger partial charge >= 0.3 is 12.1 Å². The minimum Gasteiger partial charge on any atom is -0.496 e. The predicted octanol–water partition coefficient (Wildman–Crippen LogP) is 5.16. The predicted molar refractivity (Wildman–Crippen MR) is 129 cm³/mol. The van der Waals surface area contributed by atoms with E-state index in [2.05, 4.69) is 15.6 Å². The summed E-state index contributed by atoms with van der Waals surface area (Å²) in [6, 6.07) is 6.34. The Morgan fingerprint density at radius 3 is 2.43 bits per heavy atom. The number of carboxylic acids is 1. The molecule has 2 atom stereocenters. The largest absolute Gasteiger partial charge is 0.496 e. The third kappa shape index (κ3) is 6.70. The Labute approximate surface area is 212 Å². The minimum absolute atomic E-state index is 0.0375. The fourth-order valence-corrected chi connectivity index (χ4v) is 4.62. The molecule has 8 nitrogen and oxygen atoms in total. The van der Waals surface area contributed by atoms with Crippen molar-refractivity contribution in [1.82, 2.24) is 10.3 Å². The van der Waals surface area contributed by atoms with Crippen LogP contribution in [0.4, 0.5) is 19.0 Å². The summed E-state index contributed by atoms with van der Waals surface area (Å²) in [7, 11) is 1.42. The van der Waals surface area contributed by atoms with Crippen LogP contribution in [0.2, 0.25) is 0 Å². The molecule has 1 amide bonds. The van der Waals surface area contributed by atoms with Gasteiger partial charge in [0.25, 0.3) is 5.91 Å². The summed E-state index contributed by atoms with van der Waals surface area (Å²) >= 11 is 0. The van der Waals surface area contributed by atoms with E-state index >= 15 is 0 Å². The lowest BCUT2D eigenvalue weighted by Crippen LogP contribution is -2.40. The second-order valence-electron chi connectivity index (χ2n) is 9.26. The van der Waals surface area contributed by atoms with Crippen molar-refractivity contribution < 1.29 is 32.6 Å². The second kappa shape index (κ2) is 11.5. The van der Waals surface area contributed by atoms with Gasteiger partial charge in [-0.15, -0.1) is 0 Å². The number of alkyl halides is 3. The number of aromatic nitrogens is 1. The van der Waals surface area contributed by atoms with Crippen LogP contribution in [-0.4, -0.2) is 35.1 Å². The van der Waals surface area contributed by atoms with E-state index in [1.807, 2.05) is 6.07 Å². The molecule has 1 aromatic heterocycles. The molecule has 0 saturated heterocycles. The van der Waals surface area contributed by atoms with E-state index in [0.29, 0.717) is 42.6 Å². The lowest BCUT2D eigenvalue weighted by molar-refractivity contribution is -0.143. The van der Waals surface area contributed by atoms with Crippen LogP contribution in [0.1, 0.15) is 72.6 Å². The second-order valence-corrected chi connectivity index (χ2v) is 9.26. The number of halogens is 3.